The molecule has 8 fully saturated rings. The average molecular weight is 871 g/mol. The number of rotatable bonds is 8. The zero-order chi connectivity index (χ0) is 43.3. The predicted octanol–water partition coefficient (Wildman–Crippen LogP) is -0.0319. The highest BCUT2D eigenvalue weighted by molar-refractivity contribution is 5.26. The molecule has 0 amide bonds. The van der Waals surface area contributed by atoms with Crippen LogP contribution in [0.25, 0.3) is 0 Å². The summed E-state index contributed by atoms with van der Waals surface area (Å²) < 4.78 is 48.1. The highest BCUT2D eigenvalue weighted by atomic mass is 16.7. The number of hydrogen-bond donors (Lipinski definition) is 9. The summed E-state index contributed by atoms with van der Waals surface area (Å²) in [5.74, 6) is 2.49. The quantitative estimate of drug-likeness (QED) is 0.145. The van der Waals surface area contributed by atoms with Gasteiger partial charge in [-0.05, 0) is 98.7 Å². The fourth-order valence-corrected chi connectivity index (χ4v) is 13.2. The van der Waals surface area contributed by atoms with Gasteiger partial charge in [-0.2, -0.15) is 0 Å². The molecule has 5 heterocycles. The first-order valence-corrected chi connectivity index (χ1v) is 22.9. The van der Waals surface area contributed by atoms with Crippen LogP contribution in [0.15, 0.2) is 11.6 Å². The second-order valence-electron chi connectivity index (χ2n) is 20.8. The van der Waals surface area contributed by atoms with E-state index in [0.29, 0.717) is 36.0 Å². The van der Waals surface area contributed by atoms with Crippen molar-refractivity contribution in [3.8, 4) is 0 Å². The Morgan fingerprint density at radius 2 is 1.28 bits per heavy atom. The molecular formula is C44H70O17. The number of aliphatic hydroxyl groups excluding tert-OH is 9. The lowest BCUT2D eigenvalue weighted by Crippen LogP contribution is -2.62. The van der Waals surface area contributed by atoms with E-state index in [9.17, 15) is 46.0 Å². The van der Waals surface area contributed by atoms with Crippen LogP contribution in [0.4, 0.5) is 0 Å². The van der Waals surface area contributed by atoms with Crippen LogP contribution in [0.3, 0.4) is 0 Å². The van der Waals surface area contributed by atoms with E-state index < -0.39 is 105 Å². The molecule has 348 valence electrons. The summed E-state index contributed by atoms with van der Waals surface area (Å²) in [5.41, 5.74) is 1.64. The molecule has 0 bridgehead atoms. The van der Waals surface area contributed by atoms with Crippen LogP contribution in [0, 0.1) is 40.4 Å². The molecule has 5 aliphatic heterocycles. The van der Waals surface area contributed by atoms with Gasteiger partial charge in [0.1, 0.15) is 67.1 Å². The van der Waals surface area contributed by atoms with Gasteiger partial charge in [-0.3, -0.25) is 0 Å². The van der Waals surface area contributed by atoms with Gasteiger partial charge in [-0.15, -0.1) is 0 Å². The lowest BCUT2D eigenvalue weighted by atomic mass is 9.47. The molecule has 4 aliphatic carbocycles. The summed E-state index contributed by atoms with van der Waals surface area (Å²) in [6, 6.07) is 0. The molecule has 25 atom stereocenters. The van der Waals surface area contributed by atoms with Crippen LogP contribution in [-0.4, -0.2) is 176 Å². The molecule has 9 rings (SSSR count). The summed E-state index contributed by atoms with van der Waals surface area (Å²) in [4.78, 5) is 0. The summed E-state index contributed by atoms with van der Waals surface area (Å²) in [7, 11) is 0. The van der Waals surface area contributed by atoms with Gasteiger partial charge in [0, 0.05) is 12.8 Å². The minimum Gasteiger partial charge on any atom is -0.388 e. The van der Waals surface area contributed by atoms with Crippen molar-refractivity contribution >= 4 is 0 Å². The molecule has 1 spiro atoms. The van der Waals surface area contributed by atoms with Crippen LogP contribution in [0.2, 0.25) is 0 Å². The molecule has 9 aliphatic rings. The third kappa shape index (κ3) is 7.90. The summed E-state index contributed by atoms with van der Waals surface area (Å²) >= 11 is 0. The number of fused-ring (bicyclic) bond motifs is 7. The maximum Gasteiger partial charge on any atom is 0.186 e. The van der Waals surface area contributed by atoms with Crippen molar-refractivity contribution < 1.29 is 83.9 Å². The third-order valence-corrected chi connectivity index (χ3v) is 17.1. The van der Waals surface area contributed by atoms with Crippen molar-refractivity contribution in [2.75, 3.05) is 19.8 Å². The van der Waals surface area contributed by atoms with Crippen LogP contribution in [-0.2, 0) is 37.9 Å². The van der Waals surface area contributed by atoms with Crippen LogP contribution in [0.1, 0.15) is 91.9 Å². The van der Waals surface area contributed by atoms with Crippen molar-refractivity contribution in [1.82, 2.24) is 0 Å². The molecular weight excluding hydrogens is 800 g/mol. The normalized spacial score (nSPS) is 57.2. The monoisotopic (exact) mass is 870 g/mol. The van der Waals surface area contributed by atoms with Crippen LogP contribution >= 0.6 is 0 Å². The first-order valence-electron chi connectivity index (χ1n) is 22.9. The maximum absolute atomic E-state index is 11.0. The van der Waals surface area contributed by atoms with Gasteiger partial charge in [-0.1, -0.05) is 32.4 Å². The summed E-state index contributed by atoms with van der Waals surface area (Å²) in [6.45, 7) is 8.53. The van der Waals surface area contributed by atoms with E-state index in [4.69, 9.17) is 37.9 Å². The van der Waals surface area contributed by atoms with E-state index in [-0.39, 0.29) is 28.8 Å². The largest absolute Gasteiger partial charge is 0.388 e. The standard InChI is InChI=1S/C44H70O17/c1-19-7-12-44(56-16-19)15-26-27(61-44)14-25-23-6-5-21-13-22(8-10-42(21,3)24(23)9-11-43(25,26)4)58-41-38(53)35(50)32(47)29(60-41)18-55-40-37(52)34(49)31(46)28(59-40)17-54-39-36(51)33(48)30(45)20(2)57-39/h5,19-20,22-41,45-53H,6-18H2,1-4H3/t19-,20-,22+,23-,24-,25+,26-,27-,28+,29+,30-,31+,32+,33+,34-,35-,36+,37+,38+,39+,40+,41+,42+,43+,44-/m1/s1. The Labute approximate surface area is 357 Å². The number of hydrogen-bond acceptors (Lipinski definition) is 17. The lowest BCUT2D eigenvalue weighted by Gasteiger charge is -2.58. The van der Waals surface area contributed by atoms with Crippen molar-refractivity contribution in [1.29, 1.82) is 0 Å². The fraction of sp³-hybridized carbons (Fsp3) is 0.955. The van der Waals surface area contributed by atoms with Gasteiger partial charge in [0.25, 0.3) is 0 Å². The second kappa shape index (κ2) is 17.0. The molecule has 9 N–H and O–H groups in total. The Morgan fingerprint density at radius 3 is 1.93 bits per heavy atom. The molecule has 17 heteroatoms. The van der Waals surface area contributed by atoms with Gasteiger partial charge in [-0.25, -0.2) is 0 Å². The molecule has 61 heavy (non-hydrogen) atoms. The predicted molar refractivity (Wildman–Crippen MR) is 210 cm³/mol. The number of aliphatic hydroxyl groups is 9. The molecule has 5 saturated heterocycles. The number of ether oxygens (including phenoxy) is 8. The topological polar surface area (TPSA) is 256 Å². The Balaban J connectivity index is 0.799. The molecule has 0 radical (unpaired) electrons. The van der Waals surface area contributed by atoms with Gasteiger partial charge < -0.3 is 83.9 Å². The fourth-order valence-electron chi connectivity index (χ4n) is 13.2. The zero-order valence-electron chi connectivity index (χ0n) is 35.8. The zero-order valence-corrected chi connectivity index (χ0v) is 35.8. The number of allylic oxidation sites excluding steroid dienone is 1. The van der Waals surface area contributed by atoms with Gasteiger partial charge in [0.15, 0.2) is 24.7 Å². The van der Waals surface area contributed by atoms with E-state index in [1.54, 1.807) is 0 Å². The third-order valence-electron chi connectivity index (χ3n) is 17.1. The van der Waals surface area contributed by atoms with Crippen molar-refractivity contribution in [2.24, 2.45) is 40.4 Å². The molecule has 17 nitrogen and oxygen atoms in total. The lowest BCUT2D eigenvalue weighted by molar-refractivity contribution is -0.344. The Hall–Kier alpha value is -0.940. The maximum atomic E-state index is 11.0. The van der Waals surface area contributed by atoms with Crippen molar-refractivity contribution in [3.05, 3.63) is 11.6 Å². The van der Waals surface area contributed by atoms with Gasteiger partial charge >= 0.3 is 0 Å². The minimum atomic E-state index is -1.75. The van der Waals surface area contributed by atoms with E-state index in [0.717, 1.165) is 51.6 Å². The first-order chi connectivity index (χ1) is 28.9. The van der Waals surface area contributed by atoms with Crippen molar-refractivity contribution in [3.63, 3.8) is 0 Å². The molecule has 0 aromatic carbocycles. The van der Waals surface area contributed by atoms with E-state index in [1.165, 1.54) is 25.3 Å². The van der Waals surface area contributed by atoms with E-state index in [1.807, 2.05) is 0 Å². The minimum absolute atomic E-state index is 0.0257. The Morgan fingerprint density at radius 1 is 0.656 bits per heavy atom. The SMILES string of the molecule is C[C@@H]1CC[C@@]2(C[C@@H]3[C@@H](C[C@H]4[C@@H]5CC=C6C[C@@H](O[C@H]7O[C@@H](CO[C@H]8O[C@@H](CO[C@H]9O[C@H](C)[C@@H](O)[C@H](O)[C@@H]9O)[C@H](O)[C@@H](O)[C@@H]8O)[C@H](O)[C@@H](O)[C@@H]7O)CC[C@]6(C)[C@@H]5CC[C@]34C)O2)OC1. The molecule has 3 saturated carbocycles. The van der Waals surface area contributed by atoms with Crippen LogP contribution in [0.5, 0.6) is 0 Å². The van der Waals surface area contributed by atoms with Crippen molar-refractivity contribution in [2.45, 2.75) is 202 Å². The van der Waals surface area contributed by atoms with Crippen LogP contribution < -0.4 is 0 Å². The second-order valence-corrected chi connectivity index (χ2v) is 20.8. The highest BCUT2D eigenvalue weighted by Crippen LogP contribution is 2.69. The average Bonchev–Trinajstić information content (AvgIpc) is 3.74. The Bertz CT molecular complexity index is 1580. The van der Waals surface area contributed by atoms with Gasteiger partial charge in [0.2, 0.25) is 0 Å². The summed E-state index contributed by atoms with van der Waals surface area (Å²) in [5, 5.41) is 95.2. The van der Waals surface area contributed by atoms with E-state index in [2.05, 4.69) is 26.8 Å². The summed E-state index contributed by atoms with van der Waals surface area (Å²) in [6.07, 6.45) is -9.79. The molecule has 0 unspecified atom stereocenters. The first kappa shape index (κ1) is 45.2. The highest BCUT2D eigenvalue weighted by Gasteiger charge is 2.66. The smallest absolute Gasteiger partial charge is 0.186 e. The Kier molecular flexibility index (Phi) is 12.6. The molecule has 0 aromatic heterocycles. The van der Waals surface area contributed by atoms with Gasteiger partial charge in [0.05, 0.1) is 38.1 Å². The molecule has 0 aromatic rings. The van der Waals surface area contributed by atoms with E-state index >= 15 is 0 Å².